The number of ether oxygens (including phenoxy) is 1. The van der Waals surface area contributed by atoms with Crippen molar-refractivity contribution in [3.63, 3.8) is 0 Å². The van der Waals surface area contributed by atoms with Crippen molar-refractivity contribution < 1.29 is 17.9 Å². The summed E-state index contributed by atoms with van der Waals surface area (Å²) in [6.07, 6.45) is 0.308. The van der Waals surface area contributed by atoms with Crippen LogP contribution in [0.3, 0.4) is 0 Å². The van der Waals surface area contributed by atoms with Gasteiger partial charge in [0.25, 0.3) is 5.82 Å². The molecule has 8 nitrogen and oxygen atoms in total. The number of halogens is 3. The van der Waals surface area contributed by atoms with Gasteiger partial charge in [0.15, 0.2) is 13.1 Å². The Bertz CT molecular complexity index is 1110. The van der Waals surface area contributed by atoms with Crippen LogP contribution in [0, 0.1) is 0 Å². The Labute approximate surface area is 201 Å². The highest BCUT2D eigenvalue weighted by molar-refractivity contribution is 5.62. The molecule has 0 aliphatic carbocycles. The van der Waals surface area contributed by atoms with Crippen LogP contribution in [-0.4, -0.2) is 77.0 Å². The molecule has 2 aliphatic rings. The number of morpholine rings is 1. The second-order valence-corrected chi connectivity index (χ2v) is 8.94. The van der Waals surface area contributed by atoms with E-state index in [1.165, 1.54) is 6.07 Å². The molecule has 3 aromatic heterocycles. The molecule has 5 rings (SSSR count). The molecule has 1 atom stereocenters. The number of anilines is 2. The molecule has 0 amide bonds. The number of rotatable bonds is 5. The van der Waals surface area contributed by atoms with Gasteiger partial charge in [0.1, 0.15) is 19.0 Å². The third kappa shape index (κ3) is 5.31. The van der Waals surface area contributed by atoms with Crippen molar-refractivity contribution in [1.29, 1.82) is 0 Å². The number of pyridine rings is 2. The molecule has 3 aromatic rings. The first kappa shape index (κ1) is 23.7. The number of H-pyrrole nitrogens is 1. The van der Waals surface area contributed by atoms with Gasteiger partial charge >= 0.3 is 6.18 Å². The molecule has 5 heterocycles. The Morgan fingerprint density at radius 3 is 2.57 bits per heavy atom. The van der Waals surface area contributed by atoms with Crippen LogP contribution < -0.4 is 9.80 Å². The fourth-order valence-electron chi connectivity index (χ4n) is 4.67. The van der Waals surface area contributed by atoms with Crippen molar-refractivity contribution in [2.75, 3.05) is 50.8 Å². The lowest BCUT2D eigenvalue weighted by Gasteiger charge is -2.40. The van der Waals surface area contributed by atoms with Gasteiger partial charge in [-0.25, -0.2) is 4.98 Å². The van der Waals surface area contributed by atoms with Gasteiger partial charge < -0.3 is 9.64 Å². The lowest BCUT2D eigenvalue weighted by molar-refractivity contribution is -0.137. The van der Waals surface area contributed by atoms with E-state index >= 15 is 0 Å². The summed E-state index contributed by atoms with van der Waals surface area (Å²) in [5, 5.41) is 7.45. The maximum atomic E-state index is 12.9. The summed E-state index contributed by atoms with van der Waals surface area (Å²) in [7, 11) is 0. The average Bonchev–Trinajstić information content (AvgIpc) is 3.32. The lowest BCUT2D eigenvalue weighted by atomic mass is 10.1. The van der Waals surface area contributed by atoms with Gasteiger partial charge in [-0.3, -0.25) is 10.00 Å². The first-order valence-electron chi connectivity index (χ1n) is 11.7. The monoisotopic (exact) mass is 487 g/mol. The quantitative estimate of drug-likeness (QED) is 0.556. The van der Waals surface area contributed by atoms with Gasteiger partial charge in [-0.15, -0.1) is 4.90 Å². The topological polar surface area (TPSA) is 76.1 Å². The average molecular weight is 488 g/mol. The highest BCUT2D eigenvalue weighted by atomic mass is 19.4. The Hall–Kier alpha value is -3.02. The molecular formula is C24H28F3N7O+. The van der Waals surface area contributed by atoms with E-state index < -0.39 is 11.7 Å². The van der Waals surface area contributed by atoms with Crippen LogP contribution in [-0.2, 0) is 17.5 Å². The maximum absolute atomic E-state index is 12.9. The van der Waals surface area contributed by atoms with Crippen LogP contribution in [0.15, 0.2) is 42.9 Å². The van der Waals surface area contributed by atoms with Crippen LogP contribution >= 0.6 is 0 Å². The highest BCUT2D eigenvalue weighted by Gasteiger charge is 2.32. The van der Waals surface area contributed by atoms with E-state index in [0.717, 1.165) is 67.6 Å². The van der Waals surface area contributed by atoms with Crippen LogP contribution in [0.5, 0.6) is 0 Å². The number of alkyl halides is 3. The summed E-state index contributed by atoms with van der Waals surface area (Å²) >= 11 is 0. The summed E-state index contributed by atoms with van der Waals surface area (Å²) in [5.41, 5.74) is 2.19. The zero-order valence-corrected chi connectivity index (χ0v) is 19.5. The van der Waals surface area contributed by atoms with E-state index in [1.54, 1.807) is 0 Å². The SMILES string of the molecule is C[C@@H]1CN(Cc2c[nH]nc2-c2ccc([N+]3CCOCC3)nc2)CCN1c1ccc(C(F)(F)F)cn1. The van der Waals surface area contributed by atoms with E-state index in [0.29, 0.717) is 25.6 Å². The summed E-state index contributed by atoms with van der Waals surface area (Å²) in [6.45, 7) is 8.11. The van der Waals surface area contributed by atoms with Crippen LogP contribution in [0.4, 0.5) is 24.8 Å². The van der Waals surface area contributed by atoms with Crippen LogP contribution in [0.1, 0.15) is 18.1 Å². The Morgan fingerprint density at radius 1 is 1.09 bits per heavy atom. The van der Waals surface area contributed by atoms with Crippen molar-refractivity contribution in [3.8, 4) is 11.3 Å². The van der Waals surface area contributed by atoms with Crippen molar-refractivity contribution in [3.05, 3.63) is 54.0 Å². The molecule has 0 saturated carbocycles. The lowest BCUT2D eigenvalue weighted by Crippen LogP contribution is -2.51. The predicted molar refractivity (Wildman–Crippen MR) is 125 cm³/mol. The molecule has 0 unspecified atom stereocenters. The van der Waals surface area contributed by atoms with E-state index in [2.05, 4.69) is 41.8 Å². The Balaban J connectivity index is 1.22. The number of hydrogen-bond acceptors (Lipinski definition) is 7. The molecule has 35 heavy (non-hydrogen) atoms. The van der Waals surface area contributed by atoms with Gasteiger partial charge in [-0.05, 0) is 25.1 Å². The Kier molecular flexibility index (Phi) is 6.72. The molecule has 11 heteroatoms. The summed E-state index contributed by atoms with van der Waals surface area (Å²) in [4.78, 5) is 15.3. The molecule has 0 aromatic carbocycles. The van der Waals surface area contributed by atoms with Crippen molar-refractivity contribution in [1.82, 2.24) is 30.0 Å². The van der Waals surface area contributed by atoms with Crippen molar-refractivity contribution >= 4 is 11.6 Å². The van der Waals surface area contributed by atoms with Crippen molar-refractivity contribution in [2.24, 2.45) is 0 Å². The zero-order chi connectivity index (χ0) is 24.4. The number of aromatic amines is 1. The maximum Gasteiger partial charge on any atom is 0.417 e. The predicted octanol–water partition coefficient (Wildman–Crippen LogP) is 3.40. The zero-order valence-electron chi connectivity index (χ0n) is 19.5. The third-order valence-corrected chi connectivity index (χ3v) is 6.55. The first-order valence-corrected chi connectivity index (χ1v) is 11.7. The summed E-state index contributed by atoms with van der Waals surface area (Å²) < 4.78 is 44.0. The first-order chi connectivity index (χ1) is 16.9. The molecule has 0 spiro atoms. The van der Waals surface area contributed by atoms with E-state index in [-0.39, 0.29) is 6.04 Å². The normalized spacial score (nSPS) is 20.3. The number of piperazine rings is 1. The van der Waals surface area contributed by atoms with E-state index in [1.807, 2.05) is 24.5 Å². The smallest absolute Gasteiger partial charge is 0.369 e. The number of hydrogen-bond donors (Lipinski definition) is 1. The minimum Gasteiger partial charge on any atom is -0.369 e. The number of nitrogens with zero attached hydrogens (tertiary/aromatic N) is 6. The Morgan fingerprint density at radius 2 is 1.91 bits per heavy atom. The summed E-state index contributed by atoms with van der Waals surface area (Å²) in [5.74, 6) is 1.51. The van der Waals surface area contributed by atoms with E-state index in [9.17, 15) is 13.2 Å². The van der Waals surface area contributed by atoms with Gasteiger partial charge in [0.2, 0.25) is 0 Å². The van der Waals surface area contributed by atoms with Crippen molar-refractivity contribution in [2.45, 2.75) is 25.7 Å². The van der Waals surface area contributed by atoms with E-state index in [4.69, 9.17) is 4.74 Å². The minimum atomic E-state index is -4.38. The van der Waals surface area contributed by atoms with Crippen LogP contribution in [0.25, 0.3) is 11.3 Å². The fraction of sp³-hybridized carbons (Fsp3) is 0.458. The van der Waals surface area contributed by atoms with Gasteiger partial charge in [-0.2, -0.15) is 23.3 Å². The summed E-state index contributed by atoms with van der Waals surface area (Å²) in [6, 6.07) is 6.73. The minimum absolute atomic E-state index is 0.109. The second-order valence-electron chi connectivity index (χ2n) is 8.94. The fourth-order valence-corrected chi connectivity index (χ4v) is 4.67. The van der Waals surface area contributed by atoms with Gasteiger partial charge in [-0.1, -0.05) is 0 Å². The standard InChI is InChI=1S/C24H28F3N7O/c1-17-15-32(6-7-34(17)22-5-3-20(14-29-22)24(25,26)27)16-19-13-30-31-23(19)18-2-4-21(28-12-18)33-8-10-35-11-9-33/h2-5,12-14,17H,6-11,15-16H2,1H3,(H,30,31)/q+1/t17-/m1/s1. The molecular weight excluding hydrogens is 459 g/mol. The van der Waals surface area contributed by atoms with Crippen LogP contribution in [0.2, 0.25) is 0 Å². The third-order valence-electron chi connectivity index (χ3n) is 6.55. The molecule has 2 saturated heterocycles. The van der Waals surface area contributed by atoms with Gasteiger partial charge in [0, 0.05) is 68.0 Å². The molecule has 0 bridgehead atoms. The second kappa shape index (κ2) is 9.92. The van der Waals surface area contributed by atoms with Gasteiger partial charge in [0.05, 0.1) is 11.3 Å². The molecule has 1 N–H and O–H groups in total. The largest absolute Gasteiger partial charge is 0.417 e. The molecule has 185 valence electrons. The number of nitrogens with one attached hydrogen (secondary N) is 1. The molecule has 2 aliphatic heterocycles. The molecule has 2 fully saturated rings. The molecule has 1 radical (unpaired) electrons. The highest BCUT2D eigenvalue weighted by Crippen LogP contribution is 2.30. The number of aromatic nitrogens is 4.